The van der Waals surface area contributed by atoms with Crippen molar-refractivity contribution in [1.29, 1.82) is 0 Å². The average molecular weight is 432 g/mol. The van der Waals surface area contributed by atoms with E-state index < -0.39 is 5.82 Å². The van der Waals surface area contributed by atoms with Gasteiger partial charge >= 0.3 is 0 Å². The van der Waals surface area contributed by atoms with Crippen molar-refractivity contribution >= 4 is 33.8 Å². The fourth-order valence-electron chi connectivity index (χ4n) is 3.95. The summed E-state index contributed by atoms with van der Waals surface area (Å²) in [6.07, 6.45) is 2.66. The minimum atomic E-state index is -0.485. The number of fused-ring (bicyclic) bond motifs is 1. The molecule has 1 aromatic heterocycles. The lowest BCUT2D eigenvalue weighted by atomic mass is 9.88. The molecule has 2 aromatic rings. The zero-order valence-corrected chi connectivity index (χ0v) is 17.8. The first-order valence-corrected chi connectivity index (χ1v) is 11.1. The number of rotatable bonds is 5. The molecular formula is C22H26FN3O3S. The SMILES string of the molecule is CC1CCc2c(sc(NC(=O)CN3CCOCC3)c2C(=O)Nc2ccccc2F)C1. The van der Waals surface area contributed by atoms with Gasteiger partial charge in [-0.15, -0.1) is 11.3 Å². The van der Waals surface area contributed by atoms with Crippen LogP contribution in [0, 0.1) is 11.7 Å². The monoisotopic (exact) mass is 431 g/mol. The Labute approximate surface area is 179 Å². The van der Waals surface area contributed by atoms with E-state index in [-0.39, 0.29) is 24.0 Å². The molecule has 2 heterocycles. The lowest BCUT2D eigenvalue weighted by Gasteiger charge is -2.25. The Morgan fingerprint density at radius 2 is 2.00 bits per heavy atom. The molecule has 1 atom stereocenters. The third-order valence-electron chi connectivity index (χ3n) is 5.58. The minimum Gasteiger partial charge on any atom is -0.379 e. The summed E-state index contributed by atoms with van der Waals surface area (Å²) in [4.78, 5) is 29.0. The summed E-state index contributed by atoms with van der Waals surface area (Å²) in [6, 6.07) is 6.10. The van der Waals surface area contributed by atoms with Gasteiger partial charge in [-0.05, 0) is 42.9 Å². The third-order valence-corrected chi connectivity index (χ3v) is 6.75. The molecule has 0 spiro atoms. The molecule has 0 bridgehead atoms. The van der Waals surface area contributed by atoms with Crippen LogP contribution in [0.5, 0.6) is 0 Å². The molecule has 0 radical (unpaired) electrons. The van der Waals surface area contributed by atoms with Crippen molar-refractivity contribution in [2.75, 3.05) is 43.5 Å². The molecule has 2 aliphatic rings. The predicted molar refractivity (Wildman–Crippen MR) is 116 cm³/mol. The molecule has 0 saturated carbocycles. The summed E-state index contributed by atoms with van der Waals surface area (Å²) in [5.41, 5.74) is 1.59. The number of halogens is 1. The lowest BCUT2D eigenvalue weighted by Crippen LogP contribution is -2.41. The predicted octanol–water partition coefficient (Wildman–Crippen LogP) is 3.54. The van der Waals surface area contributed by atoms with E-state index in [4.69, 9.17) is 4.74 Å². The second-order valence-corrected chi connectivity index (χ2v) is 9.03. The van der Waals surface area contributed by atoms with E-state index in [0.717, 1.165) is 29.7 Å². The fourth-order valence-corrected chi connectivity index (χ4v) is 5.38. The number of nitrogens with one attached hydrogen (secondary N) is 2. The van der Waals surface area contributed by atoms with E-state index in [0.29, 0.717) is 42.8 Å². The smallest absolute Gasteiger partial charge is 0.259 e. The first-order valence-electron chi connectivity index (χ1n) is 10.3. The zero-order chi connectivity index (χ0) is 21.1. The number of amides is 2. The minimum absolute atomic E-state index is 0.136. The maximum atomic E-state index is 14.1. The number of carbonyl (C=O) groups excluding carboxylic acids is 2. The van der Waals surface area contributed by atoms with Gasteiger partial charge in [0.2, 0.25) is 5.91 Å². The van der Waals surface area contributed by atoms with Crippen LogP contribution >= 0.6 is 11.3 Å². The molecule has 8 heteroatoms. The standard InChI is InChI=1S/C22H26FN3O3S/c1-14-6-7-15-18(12-14)30-22(25-19(27)13-26-8-10-29-11-9-26)20(15)21(28)24-17-5-3-2-4-16(17)23/h2-5,14H,6-13H2,1H3,(H,24,28)(H,25,27). The van der Waals surface area contributed by atoms with Crippen LogP contribution in [0.2, 0.25) is 0 Å². The van der Waals surface area contributed by atoms with Gasteiger partial charge in [0.25, 0.3) is 5.91 Å². The Bertz CT molecular complexity index is 940. The topological polar surface area (TPSA) is 70.7 Å². The molecular weight excluding hydrogens is 405 g/mol. The molecule has 1 aliphatic carbocycles. The molecule has 2 N–H and O–H groups in total. The van der Waals surface area contributed by atoms with Crippen LogP contribution in [-0.4, -0.2) is 49.6 Å². The fraction of sp³-hybridized carbons (Fsp3) is 0.455. The van der Waals surface area contributed by atoms with Crippen molar-refractivity contribution in [3.8, 4) is 0 Å². The number of nitrogens with zero attached hydrogens (tertiary/aromatic N) is 1. The Kier molecular flexibility index (Phi) is 6.46. The maximum Gasteiger partial charge on any atom is 0.259 e. The summed E-state index contributed by atoms with van der Waals surface area (Å²) in [6.45, 7) is 5.12. The number of benzene rings is 1. The summed E-state index contributed by atoms with van der Waals surface area (Å²) in [5, 5.41) is 6.19. The summed E-state index contributed by atoms with van der Waals surface area (Å²) < 4.78 is 19.4. The van der Waals surface area contributed by atoms with Gasteiger partial charge in [-0.1, -0.05) is 19.1 Å². The van der Waals surface area contributed by atoms with Crippen LogP contribution < -0.4 is 10.6 Å². The van der Waals surface area contributed by atoms with Gasteiger partial charge in [0.05, 0.1) is 31.0 Å². The van der Waals surface area contributed by atoms with Crippen LogP contribution in [-0.2, 0) is 22.4 Å². The van der Waals surface area contributed by atoms with Crippen LogP contribution in [0.3, 0.4) is 0 Å². The molecule has 30 heavy (non-hydrogen) atoms. The highest BCUT2D eigenvalue weighted by Crippen LogP contribution is 2.40. The molecule has 1 unspecified atom stereocenters. The lowest BCUT2D eigenvalue weighted by molar-refractivity contribution is -0.118. The van der Waals surface area contributed by atoms with Crippen molar-refractivity contribution in [3.05, 3.63) is 46.1 Å². The van der Waals surface area contributed by atoms with Gasteiger partial charge in [0, 0.05) is 18.0 Å². The largest absolute Gasteiger partial charge is 0.379 e. The maximum absolute atomic E-state index is 14.1. The van der Waals surface area contributed by atoms with Gasteiger partial charge < -0.3 is 15.4 Å². The number of hydrogen-bond donors (Lipinski definition) is 2. The third kappa shape index (κ3) is 4.71. The van der Waals surface area contributed by atoms with E-state index in [2.05, 4.69) is 17.6 Å². The van der Waals surface area contributed by atoms with E-state index in [1.54, 1.807) is 12.1 Å². The number of hydrogen-bond acceptors (Lipinski definition) is 5. The van der Waals surface area contributed by atoms with E-state index >= 15 is 0 Å². The average Bonchev–Trinajstić information content (AvgIpc) is 3.07. The Hall–Kier alpha value is -2.29. The highest BCUT2D eigenvalue weighted by atomic mass is 32.1. The zero-order valence-electron chi connectivity index (χ0n) is 17.0. The highest BCUT2D eigenvalue weighted by molar-refractivity contribution is 7.17. The van der Waals surface area contributed by atoms with Crippen LogP contribution in [0.1, 0.15) is 34.1 Å². The van der Waals surface area contributed by atoms with Crippen LogP contribution in [0.25, 0.3) is 0 Å². The number of ether oxygens (including phenoxy) is 1. The number of morpholine rings is 1. The normalized spacial score (nSPS) is 19.2. The van der Waals surface area contributed by atoms with Crippen molar-refractivity contribution in [1.82, 2.24) is 4.90 Å². The molecule has 1 saturated heterocycles. The van der Waals surface area contributed by atoms with Gasteiger partial charge in [-0.3, -0.25) is 14.5 Å². The van der Waals surface area contributed by atoms with Gasteiger partial charge in [0.1, 0.15) is 10.8 Å². The van der Waals surface area contributed by atoms with E-state index in [1.807, 2.05) is 4.90 Å². The molecule has 160 valence electrons. The quantitative estimate of drug-likeness (QED) is 0.760. The van der Waals surface area contributed by atoms with Gasteiger partial charge in [0.15, 0.2) is 0 Å². The van der Waals surface area contributed by atoms with Crippen molar-refractivity contribution in [2.24, 2.45) is 5.92 Å². The van der Waals surface area contributed by atoms with E-state index in [1.165, 1.54) is 23.5 Å². The molecule has 4 rings (SSSR count). The number of thiophene rings is 1. The molecule has 2 amide bonds. The summed E-state index contributed by atoms with van der Waals surface area (Å²) in [5.74, 6) is -0.477. The first kappa shape index (κ1) is 21.0. The van der Waals surface area contributed by atoms with Gasteiger partial charge in [-0.2, -0.15) is 0 Å². The van der Waals surface area contributed by atoms with Crippen LogP contribution in [0.15, 0.2) is 24.3 Å². The number of para-hydroxylation sites is 1. The molecule has 1 aliphatic heterocycles. The summed E-state index contributed by atoms with van der Waals surface area (Å²) >= 11 is 1.47. The Morgan fingerprint density at radius 3 is 2.77 bits per heavy atom. The first-order chi connectivity index (χ1) is 14.5. The Morgan fingerprint density at radius 1 is 1.23 bits per heavy atom. The highest BCUT2D eigenvalue weighted by Gasteiger charge is 2.29. The second kappa shape index (κ2) is 9.24. The Balaban J connectivity index is 1.57. The van der Waals surface area contributed by atoms with Crippen LogP contribution in [0.4, 0.5) is 15.1 Å². The van der Waals surface area contributed by atoms with E-state index in [9.17, 15) is 14.0 Å². The second-order valence-electron chi connectivity index (χ2n) is 7.93. The molecule has 6 nitrogen and oxygen atoms in total. The number of carbonyl (C=O) groups is 2. The van der Waals surface area contributed by atoms with Gasteiger partial charge in [-0.25, -0.2) is 4.39 Å². The van der Waals surface area contributed by atoms with Crippen molar-refractivity contribution < 1.29 is 18.7 Å². The summed E-state index contributed by atoms with van der Waals surface area (Å²) in [7, 11) is 0. The number of anilines is 2. The van der Waals surface area contributed by atoms with Crippen molar-refractivity contribution in [2.45, 2.75) is 26.2 Å². The molecule has 1 fully saturated rings. The molecule has 1 aromatic carbocycles. The van der Waals surface area contributed by atoms with Crippen molar-refractivity contribution in [3.63, 3.8) is 0 Å².